The summed E-state index contributed by atoms with van der Waals surface area (Å²) >= 11 is 1.91. The fourth-order valence-electron chi connectivity index (χ4n) is 3.43. The van der Waals surface area contributed by atoms with Gasteiger partial charge in [-0.05, 0) is 44.7 Å². The smallest absolute Gasteiger partial charge is 0.190 e. The van der Waals surface area contributed by atoms with Crippen LogP contribution >= 0.6 is 11.8 Å². The third-order valence-electron chi connectivity index (χ3n) is 4.75. The summed E-state index contributed by atoms with van der Waals surface area (Å²) in [4.78, 5) is 0. The number of nitrogens with one attached hydrogen (secondary N) is 1. The SMILES string of the molecule is Cn1c(SCC2CCCCC2)nnc1C1CCNCC1. The van der Waals surface area contributed by atoms with Crippen molar-refractivity contribution >= 4 is 11.8 Å². The van der Waals surface area contributed by atoms with Crippen molar-refractivity contribution in [3.8, 4) is 0 Å². The predicted molar refractivity (Wildman–Crippen MR) is 83.1 cm³/mol. The van der Waals surface area contributed by atoms with Crippen LogP contribution in [0.5, 0.6) is 0 Å². The first-order valence-electron chi connectivity index (χ1n) is 8.07. The molecule has 0 unspecified atom stereocenters. The van der Waals surface area contributed by atoms with Crippen molar-refractivity contribution in [3.63, 3.8) is 0 Å². The molecule has 4 nitrogen and oxygen atoms in total. The number of hydrogen-bond donors (Lipinski definition) is 1. The van der Waals surface area contributed by atoms with Crippen molar-refractivity contribution in [2.75, 3.05) is 18.8 Å². The molecule has 1 saturated carbocycles. The molecular weight excluding hydrogens is 268 g/mol. The molecule has 1 aliphatic heterocycles. The van der Waals surface area contributed by atoms with Crippen molar-refractivity contribution in [1.29, 1.82) is 0 Å². The van der Waals surface area contributed by atoms with Gasteiger partial charge in [-0.3, -0.25) is 0 Å². The zero-order valence-corrected chi connectivity index (χ0v) is 13.3. The first-order chi connectivity index (χ1) is 9.84. The highest BCUT2D eigenvalue weighted by Gasteiger charge is 2.22. The highest BCUT2D eigenvalue weighted by Crippen LogP contribution is 2.31. The highest BCUT2D eigenvalue weighted by atomic mass is 32.2. The van der Waals surface area contributed by atoms with Gasteiger partial charge >= 0.3 is 0 Å². The quantitative estimate of drug-likeness (QED) is 0.867. The molecule has 1 aromatic heterocycles. The van der Waals surface area contributed by atoms with Crippen molar-refractivity contribution < 1.29 is 0 Å². The van der Waals surface area contributed by atoms with E-state index in [0.717, 1.165) is 24.2 Å². The lowest BCUT2D eigenvalue weighted by Crippen LogP contribution is -2.27. The van der Waals surface area contributed by atoms with E-state index in [9.17, 15) is 0 Å². The Morgan fingerprint density at radius 3 is 2.60 bits per heavy atom. The predicted octanol–water partition coefficient (Wildman–Crippen LogP) is 2.95. The lowest BCUT2D eigenvalue weighted by atomic mass is 9.91. The molecule has 0 radical (unpaired) electrons. The average Bonchev–Trinajstić information content (AvgIpc) is 2.88. The Morgan fingerprint density at radius 2 is 1.85 bits per heavy atom. The van der Waals surface area contributed by atoms with Crippen LogP contribution in [0.1, 0.15) is 56.7 Å². The number of aromatic nitrogens is 3. The van der Waals surface area contributed by atoms with E-state index in [1.165, 1.54) is 56.5 Å². The van der Waals surface area contributed by atoms with Gasteiger partial charge in [-0.25, -0.2) is 0 Å². The third-order valence-corrected chi connectivity index (χ3v) is 6.00. The summed E-state index contributed by atoms with van der Waals surface area (Å²) in [6.07, 6.45) is 9.48. The standard InChI is InChI=1S/C15H26N4S/c1-19-14(13-7-9-16-10-8-13)17-18-15(19)20-11-12-5-3-2-4-6-12/h12-13,16H,2-11H2,1H3. The third kappa shape index (κ3) is 3.37. The van der Waals surface area contributed by atoms with Gasteiger partial charge in [0.25, 0.3) is 0 Å². The van der Waals surface area contributed by atoms with Crippen molar-refractivity contribution in [2.24, 2.45) is 13.0 Å². The van der Waals surface area contributed by atoms with Gasteiger partial charge in [0.05, 0.1) is 0 Å². The van der Waals surface area contributed by atoms with Gasteiger partial charge in [-0.15, -0.1) is 10.2 Å². The first kappa shape index (κ1) is 14.4. The molecule has 1 N–H and O–H groups in total. The molecule has 5 heteroatoms. The maximum Gasteiger partial charge on any atom is 0.190 e. The minimum absolute atomic E-state index is 0.595. The summed E-state index contributed by atoms with van der Waals surface area (Å²) in [5, 5.41) is 13.4. The molecule has 0 bridgehead atoms. The fraction of sp³-hybridized carbons (Fsp3) is 0.867. The maximum absolute atomic E-state index is 4.47. The molecule has 112 valence electrons. The van der Waals surface area contributed by atoms with Crippen molar-refractivity contribution in [1.82, 2.24) is 20.1 Å². The molecular formula is C15H26N4S. The van der Waals surface area contributed by atoms with Gasteiger partial charge in [0.15, 0.2) is 5.16 Å². The second-order valence-electron chi connectivity index (χ2n) is 6.24. The van der Waals surface area contributed by atoms with Crippen LogP contribution in [-0.4, -0.2) is 33.6 Å². The summed E-state index contributed by atoms with van der Waals surface area (Å²) in [7, 11) is 2.14. The van der Waals surface area contributed by atoms with Crippen LogP contribution in [0.3, 0.4) is 0 Å². The molecule has 20 heavy (non-hydrogen) atoms. The molecule has 1 aliphatic carbocycles. The highest BCUT2D eigenvalue weighted by molar-refractivity contribution is 7.99. The van der Waals surface area contributed by atoms with Gasteiger partial charge in [-0.2, -0.15) is 0 Å². The van der Waals surface area contributed by atoms with Crippen LogP contribution in [0.15, 0.2) is 5.16 Å². The van der Waals surface area contributed by atoms with Gasteiger partial charge in [0.2, 0.25) is 0 Å². The van der Waals surface area contributed by atoms with E-state index in [-0.39, 0.29) is 0 Å². The summed E-state index contributed by atoms with van der Waals surface area (Å²) in [6, 6.07) is 0. The number of piperidine rings is 1. The molecule has 1 saturated heterocycles. The first-order valence-corrected chi connectivity index (χ1v) is 9.06. The second kappa shape index (κ2) is 6.94. The fourth-order valence-corrected chi connectivity index (χ4v) is 4.54. The van der Waals surface area contributed by atoms with Gasteiger partial charge in [0.1, 0.15) is 5.82 Å². The molecule has 0 amide bonds. The minimum atomic E-state index is 0.595. The topological polar surface area (TPSA) is 42.7 Å². The Hall–Kier alpha value is -0.550. The molecule has 0 atom stereocenters. The summed E-state index contributed by atoms with van der Waals surface area (Å²) in [6.45, 7) is 2.23. The van der Waals surface area contributed by atoms with Crippen LogP contribution < -0.4 is 5.32 Å². The van der Waals surface area contributed by atoms with Crippen LogP contribution in [0.4, 0.5) is 0 Å². The number of thioether (sulfide) groups is 1. The molecule has 0 aromatic carbocycles. The maximum atomic E-state index is 4.47. The molecule has 2 aliphatic rings. The van der Waals surface area contributed by atoms with E-state index < -0.39 is 0 Å². The van der Waals surface area contributed by atoms with E-state index in [2.05, 4.69) is 27.1 Å². The molecule has 0 spiro atoms. The molecule has 1 aromatic rings. The second-order valence-corrected chi connectivity index (χ2v) is 7.23. The van der Waals surface area contributed by atoms with E-state index in [1.807, 2.05) is 11.8 Å². The molecule has 3 rings (SSSR count). The Labute approximate surface area is 126 Å². The van der Waals surface area contributed by atoms with Crippen LogP contribution in [0, 0.1) is 5.92 Å². The lowest BCUT2D eigenvalue weighted by molar-refractivity contribution is 0.390. The Kier molecular flexibility index (Phi) is 4.99. The Morgan fingerprint density at radius 1 is 1.10 bits per heavy atom. The van der Waals surface area contributed by atoms with E-state index in [0.29, 0.717) is 5.92 Å². The largest absolute Gasteiger partial charge is 0.317 e. The Bertz CT molecular complexity index is 420. The van der Waals surface area contributed by atoms with Crippen molar-refractivity contribution in [2.45, 2.75) is 56.0 Å². The Balaban J connectivity index is 1.58. The van der Waals surface area contributed by atoms with E-state index in [1.54, 1.807) is 0 Å². The average molecular weight is 294 g/mol. The number of nitrogens with zero attached hydrogens (tertiary/aromatic N) is 3. The summed E-state index contributed by atoms with van der Waals surface area (Å²) < 4.78 is 2.24. The van der Waals surface area contributed by atoms with Gasteiger partial charge < -0.3 is 9.88 Å². The monoisotopic (exact) mass is 294 g/mol. The zero-order valence-electron chi connectivity index (χ0n) is 12.5. The number of hydrogen-bond acceptors (Lipinski definition) is 4. The van der Waals surface area contributed by atoms with E-state index in [4.69, 9.17) is 0 Å². The van der Waals surface area contributed by atoms with Crippen LogP contribution in [-0.2, 0) is 7.05 Å². The summed E-state index contributed by atoms with van der Waals surface area (Å²) in [5.41, 5.74) is 0. The van der Waals surface area contributed by atoms with Gasteiger partial charge in [-0.1, -0.05) is 31.0 Å². The van der Waals surface area contributed by atoms with E-state index >= 15 is 0 Å². The zero-order chi connectivity index (χ0) is 13.8. The molecule has 2 fully saturated rings. The number of rotatable bonds is 4. The minimum Gasteiger partial charge on any atom is -0.317 e. The van der Waals surface area contributed by atoms with Crippen LogP contribution in [0.25, 0.3) is 0 Å². The van der Waals surface area contributed by atoms with Crippen molar-refractivity contribution in [3.05, 3.63) is 5.82 Å². The lowest BCUT2D eigenvalue weighted by Gasteiger charge is -2.22. The normalized spacial score (nSPS) is 22.2. The van der Waals surface area contributed by atoms with Crippen LogP contribution in [0.2, 0.25) is 0 Å². The summed E-state index contributed by atoms with van der Waals surface area (Å²) in [5.74, 6) is 3.90. The van der Waals surface area contributed by atoms with Gasteiger partial charge in [0, 0.05) is 18.7 Å². The molecule has 2 heterocycles.